The van der Waals surface area contributed by atoms with E-state index in [0.717, 1.165) is 28.2 Å². The highest BCUT2D eigenvalue weighted by molar-refractivity contribution is 5.79. The monoisotopic (exact) mass is 366 g/mol. The highest BCUT2D eigenvalue weighted by Gasteiger charge is 2.23. The number of amides is 1. The Morgan fingerprint density at radius 3 is 2.70 bits per heavy atom. The van der Waals surface area contributed by atoms with E-state index in [0.29, 0.717) is 38.6 Å². The van der Waals surface area contributed by atoms with E-state index in [9.17, 15) is 4.79 Å². The van der Waals surface area contributed by atoms with Gasteiger partial charge < -0.3 is 19.5 Å². The van der Waals surface area contributed by atoms with Gasteiger partial charge in [0.2, 0.25) is 0 Å². The van der Waals surface area contributed by atoms with Crippen molar-refractivity contribution in [1.82, 2.24) is 24.8 Å². The van der Waals surface area contributed by atoms with Gasteiger partial charge in [-0.3, -0.25) is 4.98 Å². The first kappa shape index (κ1) is 17.3. The highest BCUT2D eigenvalue weighted by atomic mass is 16.6. The van der Waals surface area contributed by atoms with Crippen molar-refractivity contribution in [2.45, 2.75) is 13.8 Å². The van der Waals surface area contributed by atoms with Crippen LogP contribution in [0.25, 0.3) is 22.6 Å². The molecule has 3 heterocycles. The summed E-state index contributed by atoms with van der Waals surface area (Å²) in [7, 11) is 0. The topological polar surface area (TPSA) is 87.2 Å². The molecular weight excluding hydrogens is 344 g/mol. The zero-order valence-corrected chi connectivity index (χ0v) is 15.5. The molecule has 1 amide bonds. The van der Waals surface area contributed by atoms with Crippen LogP contribution in [-0.2, 0) is 4.74 Å². The summed E-state index contributed by atoms with van der Waals surface area (Å²) >= 11 is 0. The normalized spacial score (nSPS) is 14.6. The number of fused-ring (bicyclic) bond motifs is 1. The molecule has 0 aliphatic carbocycles. The number of piperazine rings is 1. The van der Waals surface area contributed by atoms with Gasteiger partial charge >= 0.3 is 6.09 Å². The van der Waals surface area contributed by atoms with E-state index in [1.54, 1.807) is 11.1 Å². The van der Waals surface area contributed by atoms with Crippen molar-refractivity contribution in [3.05, 3.63) is 36.2 Å². The van der Waals surface area contributed by atoms with Gasteiger partial charge in [0.1, 0.15) is 11.5 Å². The Morgan fingerprint density at radius 2 is 1.96 bits per heavy atom. The summed E-state index contributed by atoms with van der Waals surface area (Å²) in [5, 5.41) is 0. The number of para-hydroxylation sites is 2. The number of carbonyl (C=O) groups excluding carboxylic acids is 1. The Hall–Kier alpha value is -3.16. The van der Waals surface area contributed by atoms with Gasteiger partial charge in [-0.15, -0.1) is 0 Å². The number of ether oxygens (including phenoxy) is 1. The summed E-state index contributed by atoms with van der Waals surface area (Å²) in [5.41, 5.74) is 3.45. The number of aryl methyl sites for hydroxylation is 1. The predicted octanol–water partition coefficient (Wildman–Crippen LogP) is 2.61. The fourth-order valence-electron chi connectivity index (χ4n) is 3.21. The maximum absolute atomic E-state index is 11.9. The van der Waals surface area contributed by atoms with Crippen molar-refractivity contribution in [2.24, 2.45) is 0 Å². The molecule has 1 saturated heterocycles. The van der Waals surface area contributed by atoms with Gasteiger partial charge in [-0.25, -0.2) is 14.8 Å². The number of hydrogen-bond donors (Lipinski definition) is 1. The van der Waals surface area contributed by atoms with Gasteiger partial charge in [0, 0.05) is 26.2 Å². The van der Waals surface area contributed by atoms with Gasteiger partial charge in [0.05, 0.1) is 29.5 Å². The molecule has 1 aromatic carbocycles. The van der Waals surface area contributed by atoms with E-state index in [1.807, 2.05) is 38.1 Å². The fourth-order valence-corrected chi connectivity index (χ4v) is 3.21. The van der Waals surface area contributed by atoms with Crippen LogP contribution in [0.3, 0.4) is 0 Å². The van der Waals surface area contributed by atoms with E-state index in [1.165, 1.54) is 0 Å². The summed E-state index contributed by atoms with van der Waals surface area (Å²) < 4.78 is 5.07. The van der Waals surface area contributed by atoms with Crippen molar-refractivity contribution in [2.75, 3.05) is 37.7 Å². The number of rotatable bonds is 3. The lowest BCUT2D eigenvalue weighted by molar-refractivity contribution is 0.105. The van der Waals surface area contributed by atoms with Crippen molar-refractivity contribution in [1.29, 1.82) is 0 Å². The number of nitrogens with one attached hydrogen (secondary N) is 1. The molecular formula is C19H22N6O2. The van der Waals surface area contributed by atoms with Crippen LogP contribution in [0.15, 0.2) is 30.5 Å². The van der Waals surface area contributed by atoms with Crippen LogP contribution in [0.4, 0.5) is 10.6 Å². The zero-order valence-electron chi connectivity index (χ0n) is 15.5. The molecule has 0 spiro atoms. The van der Waals surface area contributed by atoms with Crippen LogP contribution in [-0.4, -0.2) is 63.7 Å². The average Bonchev–Trinajstić information content (AvgIpc) is 3.12. The number of aromatic nitrogens is 4. The first-order chi connectivity index (χ1) is 13.2. The quantitative estimate of drug-likeness (QED) is 0.767. The van der Waals surface area contributed by atoms with Crippen molar-refractivity contribution in [3.8, 4) is 11.5 Å². The first-order valence-corrected chi connectivity index (χ1v) is 9.11. The van der Waals surface area contributed by atoms with E-state index in [4.69, 9.17) is 9.72 Å². The number of hydrogen-bond acceptors (Lipinski definition) is 6. The molecule has 1 N–H and O–H groups in total. The molecule has 140 valence electrons. The molecule has 1 aliphatic rings. The smallest absolute Gasteiger partial charge is 0.409 e. The predicted molar refractivity (Wildman–Crippen MR) is 103 cm³/mol. The molecule has 0 unspecified atom stereocenters. The third-order valence-corrected chi connectivity index (χ3v) is 4.69. The molecule has 1 aliphatic heterocycles. The second-order valence-corrected chi connectivity index (χ2v) is 6.44. The Balaban J connectivity index is 1.55. The third kappa shape index (κ3) is 3.42. The van der Waals surface area contributed by atoms with E-state index < -0.39 is 0 Å². The van der Waals surface area contributed by atoms with Gasteiger partial charge in [-0.2, -0.15) is 0 Å². The molecule has 3 aromatic rings. The Kier molecular flexibility index (Phi) is 4.62. The number of H-pyrrole nitrogens is 1. The number of benzene rings is 1. The Morgan fingerprint density at radius 1 is 1.19 bits per heavy atom. The van der Waals surface area contributed by atoms with Gasteiger partial charge in [0.25, 0.3) is 0 Å². The minimum absolute atomic E-state index is 0.255. The number of anilines is 1. The van der Waals surface area contributed by atoms with Crippen molar-refractivity contribution < 1.29 is 9.53 Å². The summed E-state index contributed by atoms with van der Waals surface area (Å²) in [6, 6.07) is 7.90. The van der Waals surface area contributed by atoms with Crippen LogP contribution in [0.2, 0.25) is 0 Å². The fraction of sp³-hybridized carbons (Fsp3) is 0.368. The molecule has 1 fully saturated rings. The van der Waals surface area contributed by atoms with Crippen LogP contribution < -0.4 is 4.90 Å². The average molecular weight is 366 g/mol. The number of aromatic amines is 1. The zero-order chi connectivity index (χ0) is 18.8. The van der Waals surface area contributed by atoms with Crippen LogP contribution >= 0.6 is 0 Å². The van der Waals surface area contributed by atoms with Crippen LogP contribution in [0.1, 0.15) is 12.6 Å². The maximum atomic E-state index is 11.9. The second-order valence-electron chi connectivity index (χ2n) is 6.44. The molecule has 4 rings (SSSR count). The molecule has 0 radical (unpaired) electrons. The largest absolute Gasteiger partial charge is 0.450 e. The lowest BCUT2D eigenvalue weighted by Gasteiger charge is -2.34. The molecule has 2 aromatic heterocycles. The number of carbonyl (C=O) groups is 1. The Bertz CT molecular complexity index is 929. The van der Waals surface area contributed by atoms with E-state index in [2.05, 4.69) is 19.9 Å². The maximum Gasteiger partial charge on any atom is 0.409 e. The number of nitrogens with zero attached hydrogens (tertiary/aromatic N) is 5. The van der Waals surface area contributed by atoms with Crippen LogP contribution in [0, 0.1) is 6.92 Å². The molecule has 0 atom stereocenters. The van der Waals surface area contributed by atoms with E-state index in [-0.39, 0.29) is 6.09 Å². The SMILES string of the molecule is CCOC(=O)N1CCN(c2cnc(C)c(-c3nc4ccccc4[nH]3)n2)CC1. The van der Waals surface area contributed by atoms with Gasteiger partial charge in [0.15, 0.2) is 5.82 Å². The van der Waals surface area contributed by atoms with Crippen molar-refractivity contribution >= 4 is 22.9 Å². The minimum Gasteiger partial charge on any atom is -0.450 e. The van der Waals surface area contributed by atoms with Gasteiger partial charge in [-0.1, -0.05) is 12.1 Å². The molecule has 8 heteroatoms. The third-order valence-electron chi connectivity index (χ3n) is 4.69. The van der Waals surface area contributed by atoms with Crippen LogP contribution in [0.5, 0.6) is 0 Å². The minimum atomic E-state index is -0.255. The summed E-state index contributed by atoms with van der Waals surface area (Å²) in [6.07, 6.45) is 1.52. The van der Waals surface area contributed by atoms with E-state index >= 15 is 0 Å². The standard InChI is InChI=1S/C19H22N6O2/c1-3-27-19(26)25-10-8-24(9-11-25)16-12-20-13(2)17(23-16)18-21-14-6-4-5-7-15(14)22-18/h4-7,12H,3,8-11H2,1-2H3,(H,21,22). The number of imidazole rings is 1. The van der Waals surface area contributed by atoms with Crippen molar-refractivity contribution in [3.63, 3.8) is 0 Å². The Labute approximate surface area is 157 Å². The first-order valence-electron chi connectivity index (χ1n) is 9.11. The molecule has 27 heavy (non-hydrogen) atoms. The highest BCUT2D eigenvalue weighted by Crippen LogP contribution is 2.23. The summed E-state index contributed by atoms with van der Waals surface area (Å²) in [5.74, 6) is 1.51. The molecule has 8 nitrogen and oxygen atoms in total. The van der Waals surface area contributed by atoms with Gasteiger partial charge in [-0.05, 0) is 26.0 Å². The lowest BCUT2D eigenvalue weighted by atomic mass is 10.3. The second kappa shape index (κ2) is 7.22. The molecule has 0 bridgehead atoms. The molecule has 0 saturated carbocycles. The summed E-state index contributed by atoms with van der Waals surface area (Å²) in [6.45, 7) is 6.73. The summed E-state index contributed by atoms with van der Waals surface area (Å²) in [4.78, 5) is 33.0. The lowest BCUT2D eigenvalue weighted by Crippen LogP contribution is -2.49.